The maximum Gasteiger partial charge on any atom is 0.123 e. The SMILES string of the molecule is COc1ccc(Br)cc1CNCCOCCC(C)C. The van der Waals surface area contributed by atoms with Crippen LogP contribution in [0.1, 0.15) is 25.8 Å². The van der Waals surface area contributed by atoms with Gasteiger partial charge in [-0.3, -0.25) is 0 Å². The van der Waals surface area contributed by atoms with E-state index in [1.165, 1.54) is 0 Å². The lowest BCUT2D eigenvalue weighted by molar-refractivity contribution is 0.125. The van der Waals surface area contributed by atoms with Gasteiger partial charge >= 0.3 is 0 Å². The highest BCUT2D eigenvalue weighted by Gasteiger charge is 2.03. The summed E-state index contributed by atoms with van der Waals surface area (Å²) in [7, 11) is 1.70. The summed E-state index contributed by atoms with van der Waals surface area (Å²) in [6.07, 6.45) is 1.12. The second kappa shape index (κ2) is 9.34. The van der Waals surface area contributed by atoms with Crippen molar-refractivity contribution >= 4 is 15.9 Å². The molecule has 1 aromatic carbocycles. The van der Waals surface area contributed by atoms with Crippen LogP contribution >= 0.6 is 15.9 Å². The number of hydrogen-bond donors (Lipinski definition) is 1. The van der Waals surface area contributed by atoms with E-state index in [0.717, 1.165) is 48.5 Å². The number of methoxy groups -OCH3 is 1. The zero-order chi connectivity index (χ0) is 14.1. The first kappa shape index (κ1) is 16.5. The Kier molecular flexibility index (Phi) is 8.10. The Labute approximate surface area is 124 Å². The van der Waals surface area contributed by atoms with Gasteiger partial charge in [0.25, 0.3) is 0 Å². The predicted molar refractivity (Wildman–Crippen MR) is 82.7 cm³/mol. The highest BCUT2D eigenvalue weighted by molar-refractivity contribution is 9.10. The molecule has 0 atom stereocenters. The van der Waals surface area contributed by atoms with Crippen molar-refractivity contribution in [2.24, 2.45) is 5.92 Å². The van der Waals surface area contributed by atoms with E-state index < -0.39 is 0 Å². The summed E-state index contributed by atoms with van der Waals surface area (Å²) in [6, 6.07) is 6.03. The first-order valence-corrected chi connectivity index (χ1v) is 7.53. The summed E-state index contributed by atoms with van der Waals surface area (Å²) < 4.78 is 12.0. The molecule has 19 heavy (non-hydrogen) atoms. The normalized spacial score (nSPS) is 11.0. The third-order valence-electron chi connectivity index (χ3n) is 2.82. The number of halogens is 1. The lowest BCUT2D eigenvalue weighted by Crippen LogP contribution is -2.20. The van der Waals surface area contributed by atoms with Crippen LogP contribution in [0.5, 0.6) is 5.75 Å². The summed E-state index contributed by atoms with van der Waals surface area (Å²) >= 11 is 3.47. The van der Waals surface area contributed by atoms with Gasteiger partial charge in [0.05, 0.1) is 13.7 Å². The fourth-order valence-corrected chi connectivity index (χ4v) is 2.08. The molecule has 1 aromatic rings. The van der Waals surface area contributed by atoms with E-state index in [1.807, 2.05) is 12.1 Å². The van der Waals surface area contributed by atoms with Gasteiger partial charge in [-0.1, -0.05) is 29.8 Å². The molecule has 0 spiro atoms. The smallest absolute Gasteiger partial charge is 0.123 e. The Morgan fingerprint density at radius 2 is 2.05 bits per heavy atom. The summed E-state index contributed by atoms with van der Waals surface area (Å²) in [5.41, 5.74) is 1.15. The van der Waals surface area contributed by atoms with Crippen molar-refractivity contribution in [1.29, 1.82) is 0 Å². The standard InChI is InChI=1S/C15H24BrNO2/c1-12(2)6-8-19-9-7-17-11-13-10-14(16)4-5-15(13)18-3/h4-5,10,12,17H,6-9,11H2,1-3H3. The van der Waals surface area contributed by atoms with Gasteiger partial charge in [0.1, 0.15) is 5.75 Å². The number of nitrogens with one attached hydrogen (secondary N) is 1. The second-order valence-electron chi connectivity index (χ2n) is 4.93. The molecule has 4 heteroatoms. The Hall–Kier alpha value is -0.580. The van der Waals surface area contributed by atoms with Gasteiger partial charge in [0.15, 0.2) is 0 Å². The average molecular weight is 330 g/mol. The summed E-state index contributed by atoms with van der Waals surface area (Å²) in [4.78, 5) is 0. The predicted octanol–water partition coefficient (Wildman–Crippen LogP) is 3.61. The monoisotopic (exact) mass is 329 g/mol. The van der Waals surface area contributed by atoms with Gasteiger partial charge < -0.3 is 14.8 Å². The molecule has 108 valence electrons. The van der Waals surface area contributed by atoms with Crippen molar-refractivity contribution in [2.45, 2.75) is 26.8 Å². The highest BCUT2D eigenvalue weighted by atomic mass is 79.9. The fourth-order valence-electron chi connectivity index (χ4n) is 1.67. The quantitative estimate of drug-likeness (QED) is 0.702. The molecule has 0 saturated carbocycles. The van der Waals surface area contributed by atoms with Crippen LogP contribution in [0, 0.1) is 5.92 Å². The van der Waals surface area contributed by atoms with Crippen LogP contribution in [0.3, 0.4) is 0 Å². The molecule has 0 aliphatic carbocycles. The lowest BCUT2D eigenvalue weighted by atomic mass is 10.1. The molecule has 0 aliphatic heterocycles. The van der Waals surface area contributed by atoms with Gasteiger partial charge in [-0.05, 0) is 30.5 Å². The molecule has 0 fully saturated rings. The molecule has 1 rings (SSSR count). The first-order valence-electron chi connectivity index (χ1n) is 6.74. The Balaban J connectivity index is 2.20. The summed E-state index contributed by atoms with van der Waals surface area (Å²) in [5, 5.41) is 3.37. The van der Waals surface area contributed by atoms with Crippen LogP contribution in [-0.4, -0.2) is 26.9 Å². The maximum absolute atomic E-state index is 5.56. The van der Waals surface area contributed by atoms with E-state index in [0.29, 0.717) is 5.92 Å². The Morgan fingerprint density at radius 3 is 2.74 bits per heavy atom. The summed E-state index contributed by atoms with van der Waals surface area (Å²) in [5.74, 6) is 1.62. The van der Waals surface area contributed by atoms with Crippen molar-refractivity contribution in [2.75, 3.05) is 26.9 Å². The van der Waals surface area contributed by atoms with Crippen LogP contribution < -0.4 is 10.1 Å². The van der Waals surface area contributed by atoms with Crippen molar-refractivity contribution in [3.8, 4) is 5.75 Å². The minimum Gasteiger partial charge on any atom is -0.496 e. The molecule has 0 heterocycles. The van der Waals surface area contributed by atoms with Crippen LogP contribution in [0.4, 0.5) is 0 Å². The number of ether oxygens (including phenoxy) is 2. The average Bonchev–Trinajstić information content (AvgIpc) is 2.37. The molecule has 1 N–H and O–H groups in total. The molecule has 0 radical (unpaired) electrons. The molecular weight excluding hydrogens is 306 g/mol. The lowest BCUT2D eigenvalue weighted by Gasteiger charge is -2.11. The molecule has 0 saturated heterocycles. The van der Waals surface area contributed by atoms with Crippen LogP contribution in [0.15, 0.2) is 22.7 Å². The number of benzene rings is 1. The van der Waals surface area contributed by atoms with Crippen molar-refractivity contribution in [3.05, 3.63) is 28.2 Å². The van der Waals surface area contributed by atoms with Crippen molar-refractivity contribution in [3.63, 3.8) is 0 Å². The zero-order valence-corrected chi connectivity index (χ0v) is 13.6. The van der Waals surface area contributed by atoms with Crippen LogP contribution in [-0.2, 0) is 11.3 Å². The van der Waals surface area contributed by atoms with Crippen LogP contribution in [0.2, 0.25) is 0 Å². The van der Waals surface area contributed by atoms with Crippen molar-refractivity contribution in [1.82, 2.24) is 5.32 Å². The van der Waals surface area contributed by atoms with Gasteiger partial charge in [0, 0.05) is 29.7 Å². The topological polar surface area (TPSA) is 30.5 Å². The van der Waals surface area contributed by atoms with Crippen LogP contribution in [0.25, 0.3) is 0 Å². The Morgan fingerprint density at radius 1 is 1.26 bits per heavy atom. The first-order chi connectivity index (χ1) is 9.13. The van der Waals surface area contributed by atoms with Gasteiger partial charge in [0.2, 0.25) is 0 Å². The van der Waals surface area contributed by atoms with E-state index >= 15 is 0 Å². The fraction of sp³-hybridized carbons (Fsp3) is 0.600. The number of rotatable bonds is 9. The molecule has 0 unspecified atom stereocenters. The Bertz CT molecular complexity index is 369. The molecule has 3 nitrogen and oxygen atoms in total. The van der Waals surface area contributed by atoms with E-state index in [9.17, 15) is 0 Å². The number of hydrogen-bond acceptors (Lipinski definition) is 3. The van der Waals surface area contributed by atoms with E-state index in [2.05, 4.69) is 41.2 Å². The maximum atomic E-state index is 5.56. The minimum atomic E-state index is 0.707. The minimum absolute atomic E-state index is 0.707. The molecule has 0 aromatic heterocycles. The summed E-state index contributed by atoms with van der Waals surface area (Å²) in [6.45, 7) is 7.66. The zero-order valence-electron chi connectivity index (χ0n) is 12.0. The third-order valence-corrected chi connectivity index (χ3v) is 3.31. The van der Waals surface area contributed by atoms with E-state index in [1.54, 1.807) is 7.11 Å². The van der Waals surface area contributed by atoms with E-state index in [-0.39, 0.29) is 0 Å². The second-order valence-corrected chi connectivity index (χ2v) is 5.84. The molecule has 0 amide bonds. The third kappa shape index (κ3) is 6.95. The molecule has 0 bridgehead atoms. The van der Waals surface area contributed by atoms with Crippen molar-refractivity contribution < 1.29 is 9.47 Å². The van der Waals surface area contributed by atoms with E-state index in [4.69, 9.17) is 9.47 Å². The largest absolute Gasteiger partial charge is 0.496 e. The molecule has 0 aliphatic rings. The van der Waals surface area contributed by atoms with Gasteiger partial charge in [-0.2, -0.15) is 0 Å². The highest BCUT2D eigenvalue weighted by Crippen LogP contribution is 2.22. The van der Waals surface area contributed by atoms with Gasteiger partial charge in [-0.25, -0.2) is 0 Å². The molecular formula is C15H24BrNO2. The van der Waals surface area contributed by atoms with Gasteiger partial charge in [-0.15, -0.1) is 0 Å².